The molecule has 116 valence electrons. The number of rotatable bonds is 9. The number of pyridine rings is 1. The number of hydrogen-bond acceptors (Lipinski definition) is 6. The van der Waals surface area contributed by atoms with E-state index in [2.05, 4.69) is 15.0 Å². The van der Waals surface area contributed by atoms with Gasteiger partial charge in [0.1, 0.15) is 6.61 Å². The number of nitrogens with zero attached hydrogens (tertiary/aromatic N) is 1. The smallest absolute Gasteiger partial charge is 0.305 e. The lowest BCUT2D eigenvalue weighted by atomic mass is 10.2. The minimum absolute atomic E-state index is 0.237. The lowest BCUT2D eigenvalue weighted by molar-refractivity contribution is -0.140. The lowest BCUT2D eigenvalue weighted by Crippen LogP contribution is -2.25. The van der Waals surface area contributed by atoms with Crippen molar-refractivity contribution in [3.63, 3.8) is 0 Å². The zero-order chi connectivity index (χ0) is 15.5. The first-order chi connectivity index (χ1) is 10.2. The maximum Gasteiger partial charge on any atom is 0.305 e. The molecule has 0 saturated heterocycles. The highest BCUT2D eigenvalue weighted by atomic mass is 16.5. The summed E-state index contributed by atoms with van der Waals surface area (Å²) >= 11 is 0. The van der Waals surface area contributed by atoms with Gasteiger partial charge in [-0.2, -0.15) is 0 Å². The number of ether oxygens (including phenoxy) is 3. The minimum Gasteiger partial charge on any atom is -0.475 e. The molecule has 0 unspecified atom stereocenters. The Morgan fingerprint density at radius 2 is 2.10 bits per heavy atom. The molecule has 1 aromatic rings. The van der Waals surface area contributed by atoms with E-state index >= 15 is 0 Å². The molecule has 0 radical (unpaired) electrons. The molecule has 0 atom stereocenters. The van der Waals surface area contributed by atoms with Crippen molar-refractivity contribution in [2.75, 3.05) is 34.0 Å². The number of carbonyl (C=O) groups excluding carboxylic acids is 2. The lowest BCUT2D eigenvalue weighted by Gasteiger charge is -2.07. The molecule has 21 heavy (non-hydrogen) atoms. The fourth-order valence-corrected chi connectivity index (χ4v) is 1.50. The van der Waals surface area contributed by atoms with E-state index in [1.807, 2.05) is 0 Å². The number of carbonyl (C=O) groups is 2. The Bertz CT molecular complexity index is 464. The second-order valence-electron chi connectivity index (χ2n) is 4.16. The van der Waals surface area contributed by atoms with Crippen LogP contribution in [0.1, 0.15) is 23.2 Å². The third kappa shape index (κ3) is 6.71. The van der Waals surface area contributed by atoms with Gasteiger partial charge in [0.2, 0.25) is 5.88 Å². The van der Waals surface area contributed by atoms with Crippen LogP contribution in [-0.4, -0.2) is 50.8 Å². The second-order valence-corrected chi connectivity index (χ2v) is 4.16. The predicted molar refractivity (Wildman–Crippen MR) is 75.2 cm³/mol. The summed E-state index contributed by atoms with van der Waals surface area (Å²) in [6.07, 6.45) is 2.31. The number of hydrogen-bond donors (Lipinski definition) is 1. The fourth-order valence-electron chi connectivity index (χ4n) is 1.50. The first-order valence-corrected chi connectivity index (χ1v) is 6.60. The summed E-state index contributed by atoms with van der Waals surface area (Å²) in [6, 6.07) is 3.16. The number of methoxy groups -OCH3 is 2. The SMILES string of the molecule is COCCOc1cc(C(=O)NCCCC(=O)OC)ccn1. The van der Waals surface area contributed by atoms with Gasteiger partial charge in [-0.05, 0) is 12.5 Å². The molecular weight excluding hydrogens is 276 g/mol. The summed E-state index contributed by atoms with van der Waals surface area (Å²) in [6.45, 7) is 1.22. The summed E-state index contributed by atoms with van der Waals surface area (Å²) in [5.41, 5.74) is 0.454. The summed E-state index contributed by atoms with van der Waals surface area (Å²) in [5.74, 6) is -0.157. The maximum absolute atomic E-state index is 11.9. The largest absolute Gasteiger partial charge is 0.475 e. The van der Waals surface area contributed by atoms with Crippen molar-refractivity contribution in [3.05, 3.63) is 23.9 Å². The molecule has 0 spiro atoms. The highest BCUT2D eigenvalue weighted by Gasteiger charge is 2.07. The summed E-state index contributed by atoms with van der Waals surface area (Å²) in [5, 5.41) is 2.72. The maximum atomic E-state index is 11.9. The molecule has 0 aromatic carbocycles. The number of esters is 1. The van der Waals surface area contributed by atoms with E-state index in [-0.39, 0.29) is 18.3 Å². The van der Waals surface area contributed by atoms with E-state index in [0.717, 1.165) is 0 Å². The Morgan fingerprint density at radius 3 is 2.81 bits per heavy atom. The van der Waals surface area contributed by atoms with Crippen LogP contribution in [-0.2, 0) is 14.3 Å². The Hall–Kier alpha value is -2.15. The van der Waals surface area contributed by atoms with Crippen molar-refractivity contribution in [2.45, 2.75) is 12.8 Å². The van der Waals surface area contributed by atoms with Gasteiger partial charge >= 0.3 is 5.97 Å². The number of aromatic nitrogens is 1. The molecule has 1 aromatic heterocycles. The van der Waals surface area contributed by atoms with Gasteiger partial charge in [0.25, 0.3) is 5.91 Å². The van der Waals surface area contributed by atoms with E-state index in [0.29, 0.717) is 37.6 Å². The molecule has 0 aliphatic heterocycles. The third-order valence-corrected chi connectivity index (χ3v) is 2.61. The topological polar surface area (TPSA) is 86.8 Å². The van der Waals surface area contributed by atoms with Gasteiger partial charge in [0.15, 0.2) is 0 Å². The van der Waals surface area contributed by atoms with Crippen LogP contribution in [0.25, 0.3) is 0 Å². The molecule has 1 amide bonds. The highest BCUT2D eigenvalue weighted by Crippen LogP contribution is 2.09. The molecule has 0 aliphatic carbocycles. The minimum atomic E-state index is -0.290. The number of nitrogens with one attached hydrogen (secondary N) is 1. The van der Waals surface area contributed by atoms with Crippen molar-refractivity contribution in [1.29, 1.82) is 0 Å². The van der Waals surface area contributed by atoms with E-state index in [9.17, 15) is 9.59 Å². The highest BCUT2D eigenvalue weighted by molar-refractivity contribution is 5.94. The molecule has 1 heterocycles. The Morgan fingerprint density at radius 1 is 1.29 bits per heavy atom. The Kier molecular flexibility index (Phi) is 7.81. The van der Waals surface area contributed by atoms with Crippen LogP contribution < -0.4 is 10.1 Å². The summed E-state index contributed by atoms with van der Waals surface area (Å²) in [7, 11) is 2.91. The molecule has 1 N–H and O–H groups in total. The van der Waals surface area contributed by atoms with Crippen molar-refractivity contribution in [2.24, 2.45) is 0 Å². The summed E-state index contributed by atoms with van der Waals surface area (Å²) < 4.78 is 14.7. The normalized spacial score (nSPS) is 10.0. The van der Waals surface area contributed by atoms with Crippen LogP contribution in [0.15, 0.2) is 18.3 Å². The molecule has 0 aliphatic rings. The molecule has 1 rings (SSSR count). The van der Waals surface area contributed by atoms with Crippen molar-refractivity contribution < 1.29 is 23.8 Å². The fraction of sp³-hybridized carbons (Fsp3) is 0.500. The van der Waals surface area contributed by atoms with Crippen LogP contribution in [0.5, 0.6) is 5.88 Å². The zero-order valence-electron chi connectivity index (χ0n) is 12.3. The molecule has 0 bridgehead atoms. The monoisotopic (exact) mass is 296 g/mol. The Labute approximate surface area is 123 Å². The van der Waals surface area contributed by atoms with Crippen molar-refractivity contribution >= 4 is 11.9 Å². The molecule has 7 nitrogen and oxygen atoms in total. The Balaban J connectivity index is 2.39. The van der Waals surface area contributed by atoms with E-state index in [4.69, 9.17) is 9.47 Å². The van der Waals surface area contributed by atoms with Crippen LogP contribution in [0.2, 0.25) is 0 Å². The van der Waals surface area contributed by atoms with Crippen LogP contribution in [0.4, 0.5) is 0 Å². The summed E-state index contributed by atoms with van der Waals surface area (Å²) in [4.78, 5) is 26.8. The quantitative estimate of drug-likeness (QED) is 0.535. The number of amides is 1. The molecule has 0 saturated carbocycles. The van der Waals surface area contributed by atoms with Gasteiger partial charge in [-0.3, -0.25) is 9.59 Å². The van der Waals surface area contributed by atoms with E-state index in [1.165, 1.54) is 13.3 Å². The van der Waals surface area contributed by atoms with Gasteiger partial charge in [-0.15, -0.1) is 0 Å². The van der Waals surface area contributed by atoms with Crippen molar-refractivity contribution in [3.8, 4) is 5.88 Å². The molecule has 0 fully saturated rings. The van der Waals surface area contributed by atoms with Crippen LogP contribution in [0, 0.1) is 0 Å². The average Bonchev–Trinajstić information content (AvgIpc) is 2.51. The first-order valence-electron chi connectivity index (χ1n) is 6.60. The molecule has 7 heteroatoms. The van der Waals surface area contributed by atoms with Gasteiger partial charge in [0, 0.05) is 37.9 Å². The average molecular weight is 296 g/mol. The van der Waals surface area contributed by atoms with Gasteiger partial charge in [0.05, 0.1) is 13.7 Å². The van der Waals surface area contributed by atoms with Crippen LogP contribution in [0.3, 0.4) is 0 Å². The van der Waals surface area contributed by atoms with Crippen LogP contribution >= 0.6 is 0 Å². The van der Waals surface area contributed by atoms with E-state index < -0.39 is 0 Å². The van der Waals surface area contributed by atoms with Crippen molar-refractivity contribution in [1.82, 2.24) is 10.3 Å². The van der Waals surface area contributed by atoms with Gasteiger partial charge < -0.3 is 19.5 Å². The van der Waals surface area contributed by atoms with E-state index in [1.54, 1.807) is 19.2 Å². The third-order valence-electron chi connectivity index (χ3n) is 2.61. The molecular formula is C14H20N2O5. The first kappa shape index (κ1) is 16.9. The standard InChI is InChI=1S/C14H20N2O5/c1-19-8-9-21-12-10-11(5-7-15-12)14(18)16-6-3-4-13(17)20-2/h5,7,10H,3-4,6,8-9H2,1-2H3,(H,16,18). The predicted octanol–water partition coefficient (Wildman–Crippen LogP) is 0.790. The second kappa shape index (κ2) is 9.71. The van der Waals surface area contributed by atoms with Gasteiger partial charge in [-0.1, -0.05) is 0 Å². The zero-order valence-corrected chi connectivity index (χ0v) is 12.3. The van der Waals surface area contributed by atoms with Gasteiger partial charge in [-0.25, -0.2) is 4.98 Å².